The third-order valence-corrected chi connectivity index (χ3v) is 12.3. The Morgan fingerprint density at radius 3 is 2.38 bits per heavy atom. The molecule has 6 rings (SSSR count). The molecule has 2 aromatic rings. The summed E-state index contributed by atoms with van der Waals surface area (Å²) in [5, 5.41) is 5.52. The van der Waals surface area contributed by atoms with Gasteiger partial charge in [-0.25, -0.2) is 27.1 Å². The van der Waals surface area contributed by atoms with E-state index in [0.29, 0.717) is 29.5 Å². The normalized spacial score (nSPS) is 26.0. The number of hydrogen-bond acceptors (Lipinski definition) is 9. The molecule has 16 heteroatoms. The van der Waals surface area contributed by atoms with Crippen molar-refractivity contribution in [2.24, 2.45) is 5.92 Å². The van der Waals surface area contributed by atoms with Gasteiger partial charge in [-0.15, -0.1) is 0 Å². The summed E-state index contributed by atoms with van der Waals surface area (Å²) in [6.07, 6.45) is 2.07. The Kier molecular flexibility index (Phi) is 11.5. The van der Waals surface area contributed by atoms with Crippen LogP contribution in [0.25, 0.3) is 0 Å². The second kappa shape index (κ2) is 15.8. The van der Waals surface area contributed by atoms with Crippen molar-refractivity contribution >= 4 is 39.9 Å². The number of aryl methyl sites for hydroxylation is 1. The molecule has 3 N–H and O–H groups in total. The van der Waals surface area contributed by atoms with Crippen molar-refractivity contribution in [1.29, 1.82) is 0 Å². The van der Waals surface area contributed by atoms with Gasteiger partial charge >= 0.3 is 12.2 Å². The summed E-state index contributed by atoms with van der Waals surface area (Å²) < 4.78 is 54.8. The van der Waals surface area contributed by atoms with E-state index < -0.39 is 75.1 Å². The van der Waals surface area contributed by atoms with Crippen molar-refractivity contribution in [3.63, 3.8) is 0 Å². The van der Waals surface area contributed by atoms with Crippen LogP contribution in [0.2, 0.25) is 0 Å². The summed E-state index contributed by atoms with van der Waals surface area (Å²) in [6.45, 7) is 6.62. The maximum atomic E-state index is 14.5. The van der Waals surface area contributed by atoms with Crippen molar-refractivity contribution < 1.29 is 46.3 Å². The van der Waals surface area contributed by atoms with Crippen LogP contribution < -0.4 is 15.4 Å². The molecule has 2 saturated heterocycles. The molecular weight excluding hydrogens is 734 g/mol. The summed E-state index contributed by atoms with van der Waals surface area (Å²) in [7, 11) is -4.30. The molecule has 2 aromatic carbocycles. The quantitative estimate of drug-likeness (QED) is 0.392. The minimum absolute atomic E-state index is 0.00750. The second-order valence-corrected chi connectivity index (χ2v) is 17.7. The van der Waals surface area contributed by atoms with Gasteiger partial charge in [0.15, 0.2) is 0 Å². The van der Waals surface area contributed by atoms with Gasteiger partial charge in [-0.2, -0.15) is 0 Å². The van der Waals surface area contributed by atoms with E-state index in [0.717, 1.165) is 25.7 Å². The van der Waals surface area contributed by atoms with Crippen molar-refractivity contribution in [3.8, 4) is 0 Å². The van der Waals surface area contributed by atoms with Crippen LogP contribution >= 0.6 is 0 Å². The van der Waals surface area contributed by atoms with E-state index >= 15 is 0 Å². The van der Waals surface area contributed by atoms with E-state index in [9.17, 15) is 36.8 Å². The zero-order valence-electron chi connectivity index (χ0n) is 31.7. The molecule has 1 saturated carbocycles. The van der Waals surface area contributed by atoms with E-state index in [1.807, 2.05) is 0 Å². The van der Waals surface area contributed by atoms with Gasteiger partial charge in [-0.1, -0.05) is 62.4 Å². The highest BCUT2D eigenvalue weighted by atomic mass is 32.2. The van der Waals surface area contributed by atoms with E-state index in [1.54, 1.807) is 58.0 Å². The van der Waals surface area contributed by atoms with Crippen molar-refractivity contribution in [2.75, 3.05) is 6.54 Å². The third kappa shape index (κ3) is 9.05. The van der Waals surface area contributed by atoms with Crippen molar-refractivity contribution in [3.05, 3.63) is 65.0 Å². The predicted molar refractivity (Wildman–Crippen MR) is 197 cm³/mol. The van der Waals surface area contributed by atoms with E-state index in [1.165, 1.54) is 21.9 Å². The van der Waals surface area contributed by atoms with E-state index in [2.05, 4.69) is 15.4 Å². The van der Waals surface area contributed by atoms with Crippen LogP contribution in [0.3, 0.4) is 0 Å². The van der Waals surface area contributed by atoms with Gasteiger partial charge < -0.3 is 25.0 Å². The Labute approximate surface area is 320 Å². The summed E-state index contributed by atoms with van der Waals surface area (Å²) in [5.41, 5.74) is -0.930. The number of fused-ring (bicyclic) bond motifs is 3. The molecule has 5 atom stereocenters. The first kappa shape index (κ1) is 39.9. The lowest BCUT2D eigenvalue weighted by Crippen LogP contribution is -2.58. The number of rotatable bonds is 5. The average Bonchev–Trinajstić information content (AvgIpc) is 3.40. The van der Waals surface area contributed by atoms with Crippen LogP contribution in [0.5, 0.6) is 0 Å². The topological polar surface area (TPSA) is 181 Å². The lowest BCUT2D eigenvalue weighted by molar-refractivity contribution is -0.141. The molecule has 0 aromatic heterocycles. The summed E-state index contributed by atoms with van der Waals surface area (Å²) in [5.74, 6) is -2.98. The highest BCUT2D eigenvalue weighted by Gasteiger charge is 2.62. The van der Waals surface area contributed by atoms with Crippen LogP contribution in [0.1, 0.15) is 95.2 Å². The maximum Gasteiger partial charge on any atom is 0.410 e. The number of carbonyl (C=O) groups is 5. The summed E-state index contributed by atoms with van der Waals surface area (Å²) in [6, 6.07) is 8.52. The molecular formula is C39H50FN5O9S. The number of hydrogen-bond donors (Lipinski definition) is 3. The zero-order valence-corrected chi connectivity index (χ0v) is 32.5. The molecule has 0 bridgehead atoms. The first-order valence-electron chi connectivity index (χ1n) is 18.9. The summed E-state index contributed by atoms with van der Waals surface area (Å²) >= 11 is 0. The van der Waals surface area contributed by atoms with Gasteiger partial charge in [0.05, 0.1) is 18.0 Å². The number of sulfonamides is 1. The van der Waals surface area contributed by atoms with Crippen LogP contribution in [-0.2, 0) is 47.0 Å². The molecule has 0 unspecified atom stereocenters. The minimum atomic E-state index is -4.30. The fourth-order valence-electron chi connectivity index (χ4n) is 7.87. The molecule has 298 valence electrons. The molecule has 0 radical (unpaired) electrons. The Morgan fingerprint density at radius 1 is 0.964 bits per heavy atom. The second-order valence-electron chi connectivity index (χ2n) is 16.1. The molecule has 1 aliphatic carbocycles. The Bertz CT molecular complexity index is 1950. The largest absolute Gasteiger partial charge is 0.444 e. The number of ether oxygens (including phenoxy) is 2. The number of carbonyl (C=O) groups excluding carboxylic acids is 5. The molecule has 14 nitrogen and oxygen atoms in total. The average molecular weight is 784 g/mol. The smallest absolute Gasteiger partial charge is 0.410 e. The minimum Gasteiger partial charge on any atom is -0.444 e. The van der Waals surface area contributed by atoms with E-state index in [4.69, 9.17) is 9.47 Å². The lowest BCUT2D eigenvalue weighted by Gasteiger charge is -2.30. The summed E-state index contributed by atoms with van der Waals surface area (Å²) in [4.78, 5) is 71.6. The third-order valence-electron chi connectivity index (χ3n) is 10.8. The lowest BCUT2D eigenvalue weighted by atomic mass is 10.0. The Morgan fingerprint density at radius 2 is 1.67 bits per heavy atom. The number of nitrogens with zero attached hydrogens (tertiary/aromatic N) is 2. The van der Waals surface area contributed by atoms with Crippen LogP contribution in [0, 0.1) is 18.7 Å². The first-order chi connectivity index (χ1) is 26.0. The van der Waals surface area contributed by atoms with Gasteiger partial charge in [0.1, 0.15) is 35.1 Å². The highest BCUT2D eigenvalue weighted by Crippen LogP contribution is 2.48. The molecule has 4 aliphatic rings. The van der Waals surface area contributed by atoms with Gasteiger partial charge in [0.2, 0.25) is 11.8 Å². The molecule has 3 heterocycles. The maximum absolute atomic E-state index is 14.5. The number of halogens is 1. The SMILES string of the molecule is Cc1ccccc1S(=O)(=O)NC(=O)[C@]12C[C@@H]1CCCCCCC[C@H](NC(=O)OC(C)(C)C)C(=O)N1C[C@H](OC(=O)N3Cc4cccc(F)c4C3)C[C@H]1C(=O)N2. The predicted octanol–water partition coefficient (Wildman–Crippen LogP) is 4.57. The van der Waals surface area contributed by atoms with Gasteiger partial charge in [0.25, 0.3) is 15.9 Å². The zero-order chi connectivity index (χ0) is 39.7. The molecule has 0 spiro atoms. The van der Waals surface area contributed by atoms with Gasteiger partial charge in [0, 0.05) is 18.5 Å². The molecule has 55 heavy (non-hydrogen) atoms. The fraction of sp³-hybridized carbons (Fsp3) is 0.564. The van der Waals surface area contributed by atoms with Crippen molar-refractivity contribution in [1.82, 2.24) is 25.2 Å². The van der Waals surface area contributed by atoms with Gasteiger partial charge in [-0.3, -0.25) is 19.3 Å². The van der Waals surface area contributed by atoms with Gasteiger partial charge in [-0.05, 0) is 76.1 Å². The van der Waals surface area contributed by atoms with Crippen molar-refractivity contribution in [2.45, 2.75) is 133 Å². The first-order valence-corrected chi connectivity index (χ1v) is 20.4. The number of alkyl carbamates (subject to hydrolysis) is 1. The fourth-order valence-corrected chi connectivity index (χ4v) is 9.16. The Balaban J connectivity index is 1.26. The highest BCUT2D eigenvalue weighted by molar-refractivity contribution is 7.90. The molecule has 5 amide bonds. The van der Waals surface area contributed by atoms with E-state index in [-0.39, 0.29) is 49.7 Å². The van der Waals surface area contributed by atoms with Crippen LogP contribution in [-0.4, -0.2) is 84.0 Å². The van der Waals surface area contributed by atoms with Crippen LogP contribution in [0.4, 0.5) is 14.0 Å². The number of nitrogens with one attached hydrogen (secondary N) is 3. The monoisotopic (exact) mass is 783 g/mol. The molecule has 3 fully saturated rings. The van der Waals surface area contributed by atoms with Crippen LogP contribution in [0.15, 0.2) is 47.4 Å². The number of benzene rings is 2. The Hall–Kier alpha value is -4.73. The standard InChI is InChI=1S/C39H50FN5O9S/c1-24-13-10-11-18-32(24)55(51,52)43-35(48)39-20-26(39)15-8-6-5-7-9-17-30(41-36(49)54-38(2,3)4)34(47)45-22-27(19-31(45)33(46)42-39)53-37(50)44-21-25-14-12-16-29(40)28(25)23-44/h10-14,16,18,26-27,30-31H,5-9,15,17,19-23H2,1-4H3,(H,41,49)(H,42,46)(H,43,48)/t26-,27+,30-,31-,39-/m0/s1. The number of amides is 5. The molecule has 3 aliphatic heterocycles.